The molecule has 1 heterocycles. The molecule has 2 amide bonds. The molecule has 8 heteroatoms. The number of hydrogen-bond acceptors (Lipinski definition) is 4. The summed E-state index contributed by atoms with van der Waals surface area (Å²) in [5.74, 6) is -0.980. The van der Waals surface area contributed by atoms with Crippen LogP contribution in [0, 0.1) is 3.57 Å². The number of imide groups is 1. The highest BCUT2D eigenvalue weighted by atomic mass is 127. The molecular formula is C19H17IN2O4S. The molecule has 27 heavy (non-hydrogen) atoms. The molecule has 1 aliphatic rings. The van der Waals surface area contributed by atoms with E-state index in [0.29, 0.717) is 5.69 Å². The molecule has 0 aliphatic carbocycles. The SMILES string of the molecule is C=CCN(C1CC(=O)N(c2ccc(I)cc2)C1=O)S(=O)(=O)c1ccccc1. The van der Waals surface area contributed by atoms with E-state index in [9.17, 15) is 18.0 Å². The molecule has 140 valence electrons. The van der Waals surface area contributed by atoms with Crippen molar-refractivity contribution in [3.63, 3.8) is 0 Å². The minimum atomic E-state index is -3.95. The maximum Gasteiger partial charge on any atom is 0.252 e. The van der Waals surface area contributed by atoms with Crippen molar-refractivity contribution >= 4 is 50.1 Å². The van der Waals surface area contributed by atoms with Gasteiger partial charge in [0.2, 0.25) is 15.9 Å². The molecule has 1 saturated heterocycles. The van der Waals surface area contributed by atoms with Crippen LogP contribution in [0.4, 0.5) is 5.69 Å². The Morgan fingerprint density at radius 1 is 1.11 bits per heavy atom. The summed E-state index contributed by atoms with van der Waals surface area (Å²) >= 11 is 2.13. The summed E-state index contributed by atoms with van der Waals surface area (Å²) in [7, 11) is -3.95. The van der Waals surface area contributed by atoms with Gasteiger partial charge in [-0.3, -0.25) is 9.59 Å². The van der Waals surface area contributed by atoms with E-state index in [4.69, 9.17) is 0 Å². The molecule has 0 bridgehead atoms. The summed E-state index contributed by atoms with van der Waals surface area (Å²) in [6.07, 6.45) is 1.20. The summed E-state index contributed by atoms with van der Waals surface area (Å²) in [5.41, 5.74) is 0.434. The summed E-state index contributed by atoms with van der Waals surface area (Å²) < 4.78 is 28.1. The Morgan fingerprint density at radius 2 is 1.74 bits per heavy atom. The van der Waals surface area contributed by atoms with Crippen LogP contribution in [0.25, 0.3) is 0 Å². The third-order valence-corrected chi connectivity index (χ3v) is 6.82. The van der Waals surface area contributed by atoms with Crippen molar-refractivity contribution in [1.29, 1.82) is 0 Å². The van der Waals surface area contributed by atoms with Gasteiger partial charge < -0.3 is 0 Å². The van der Waals surface area contributed by atoms with Crippen LogP contribution >= 0.6 is 22.6 Å². The van der Waals surface area contributed by atoms with Gasteiger partial charge in [-0.15, -0.1) is 6.58 Å². The van der Waals surface area contributed by atoms with E-state index in [2.05, 4.69) is 29.2 Å². The van der Waals surface area contributed by atoms with Crippen LogP contribution in [0.15, 0.2) is 72.1 Å². The third kappa shape index (κ3) is 3.83. The maximum atomic E-state index is 13.0. The van der Waals surface area contributed by atoms with Gasteiger partial charge in [0.05, 0.1) is 17.0 Å². The molecule has 1 aliphatic heterocycles. The van der Waals surface area contributed by atoms with E-state index >= 15 is 0 Å². The Balaban J connectivity index is 1.97. The van der Waals surface area contributed by atoms with Crippen LogP contribution in [0.2, 0.25) is 0 Å². The van der Waals surface area contributed by atoms with Gasteiger partial charge in [-0.2, -0.15) is 4.31 Å². The zero-order chi connectivity index (χ0) is 19.6. The Bertz CT molecular complexity index is 975. The van der Waals surface area contributed by atoms with E-state index in [-0.39, 0.29) is 17.9 Å². The van der Waals surface area contributed by atoms with Crippen LogP contribution in [0.3, 0.4) is 0 Å². The lowest BCUT2D eigenvalue weighted by atomic mass is 10.2. The van der Waals surface area contributed by atoms with Crippen molar-refractivity contribution in [2.24, 2.45) is 0 Å². The first-order valence-electron chi connectivity index (χ1n) is 8.16. The van der Waals surface area contributed by atoms with Crippen LogP contribution in [0.1, 0.15) is 6.42 Å². The van der Waals surface area contributed by atoms with Gasteiger partial charge in [-0.05, 0) is 59.0 Å². The average molecular weight is 496 g/mol. The first kappa shape index (κ1) is 19.7. The Morgan fingerprint density at radius 3 is 2.33 bits per heavy atom. The Kier molecular flexibility index (Phi) is 5.78. The Labute approximate surface area is 171 Å². The molecule has 1 unspecified atom stereocenters. The lowest BCUT2D eigenvalue weighted by Crippen LogP contribution is -2.45. The van der Waals surface area contributed by atoms with Crippen LogP contribution < -0.4 is 4.90 Å². The first-order chi connectivity index (χ1) is 12.9. The van der Waals surface area contributed by atoms with Gasteiger partial charge in [-0.1, -0.05) is 24.3 Å². The number of anilines is 1. The van der Waals surface area contributed by atoms with Crippen molar-refractivity contribution in [3.05, 3.63) is 70.8 Å². The summed E-state index contributed by atoms with van der Waals surface area (Å²) in [6.45, 7) is 3.53. The lowest BCUT2D eigenvalue weighted by molar-refractivity contribution is -0.122. The predicted molar refractivity (Wildman–Crippen MR) is 111 cm³/mol. The number of benzene rings is 2. The van der Waals surface area contributed by atoms with E-state index < -0.39 is 27.9 Å². The summed E-state index contributed by atoms with van der Waals surface area (Å²) in [5, 5.41) is 0. The molecule has 0 saturated carbocycles. The fourth-order valence-electron chi connectivity index (χ4n) is 2.95. The molecule has 6 nitrogen and oxygen atoms in total. The van der Waals surface area contributed by atoms with Crippen LogP contribution in [-0.4, -0.2) is 37.1 Å². The number of nitrogens with zero attached hydrogens (tertiary/aromatic N) is 2. The molecule has 2 aromatic rings. The topological polar surface area (TPSA) is 74.8 Å². The second-order valence-corrected chi connectivity index (χ2v) is 9.08. The van der Waals surface area contributed by atoms with Gasteiger partial charge in [-0.25, -0.2) is 13.3 Å². The largest absolute Gasteiger partial charge is 0.274 e. The first-order valence-corrected chi connectivity index (χ1v) is 10.7. The van der Waals surface area contributed by atoms with Crippen molar-refractivity contribution in [2.75, 3.05) is 11.4 Å². The van der Waals surface area contributed by atoms with Gasteiger partial charge >= 0.3 is 0 Å². The minimum Gasteiger partial charge on any atom is -0.274 e. The fraction of sp³-hybridized carbons (Fsp3) is 0.158. The molecule has 3 rings (SSSR count). The standard InChI is InChI=1S/C19H17IN2O4S/c1-2-12-21(27(25,26)16-6-4-3-5-7-16)17-13-18(23)22(19(17)24)15-10-8-14(20)9-11-15/h2-11,17H,1,12-13H2. The van der Waals surface area contributed by atoms with Crippen molar-refractivity contribution < 1.29 is 18.0 Å². The number of carbonyl (C=O) groups excluding carboxylic acids is 2. The fourth-order valence-corrected chi connectivity index (χ4v) is 4.88. The zero-order valence-electron chi connectivity index (χ0n) is 14.3. The highest BCUT2D eigenvalue weighted by Gasteiger charge is 2.46. The van der Waals surface area contributed by atoms with E-state index in [1.54, 1.807) is 42.5 Å². The normalized spacial score (nSPS) is 17.6. The number of sulfonamides is 1. The molecule has 0 radical (unpaired) electrons. The predicted octanol–water partition coefficient (Wildman–Crippen LogP) is 2.80. The molecular weight excluding hydrogens is 479 g/mol. The highest BCUT2D eigenvalue weighted by molar-refractivity contribution is 14.1. The van der Waals surface area contributed by atoms with Crippen LogP contribution in [0.5, 0.6) is 0 Å². The zero-order valence-corrected chi connectivity index (χ0v) is 17.3. The molecule has 1 fully saturated rings. The van der Waals surface area contributed by atoms with Gasteiger partial charge in [0, 0.05) is 10.1 Å². The second kappa shape index (κ2) is 7.91. The summed E-state index contributed by atoms with van der Waals surface area (Å²) in [4.78, 5) is 26.6. The molecule has 2 aromatic carbocycles. The van der Waals surface area contributed by atoms with Crippen molar-refractivity contribution in [1.82, 2.24) is 4.31 Å². The van der Waals surface area contributed by atoms with Gasteiger partial charge in [0.15, 0.2) is 0 Å². The molecule has 1 atom stereocenters. The van der Waals surface area contributed by atoms with Crippen molar-refractivity contribution in [2.45, 2.75) is 17.4 Å². The Hall–Kier alpha value is -2.04. The number of hydrogen-bond donors (Lipinski definition) is 0. The van der Waals surface area contributed by atoms with E-state index in [1.165, 1.54) is 18.2 Å². The maximum absolute atomic E-state index is 13.0. The third-order valence-electron chi connectivity index (χ3n) is 4.21. The average Bonchev–Trinajstić information content (AvgIpc) is 2.95. The monoisotopic (exact) mass is 496 g/mol. The molecule has 0 aromatic heterocycles. The molecule has 0 spiro atoms. The smallest absolute Gasteiger partial charge is 0.252 e. The number of halogens is 1. The van der Waals surface area contributed by atoms with E-state index in [1.807, 2.05) is 0 Å². The number of carbonyl (C=O) groups is 2. The number of amides is 2. The minimum absolute atomic E-state index is 0.0680. The molecule has 0 N–H and O–H groups in total. The van der Waals surface area contributed by atoms with Crippen LogP contribution in [-0.2, 0) is 19.6 Å². The number of rotatable bonds is 6. The summed E-state index contributed by atoms with van der Waals surface area (Å²) in [6, 6.07) is 13.7. The van der Waals surface area contributed by atoms with Gasteiger partial charge in [0.25, 0.3) is 5.91 Å². The van der Waals surface area contributed by atoms with Crippen molar-refractivity contribution in [3.8, 4) is 0 Å². The van der Waals surface area contributed by atoms with Gasteiger partial charge in [0.1, 0.15) is 6.04 Å². The highest BCUT2D eigenvalue weighted by Crippen LogP contribution is 2.29. The quantitative estimate of drug-likeness (QED) is 0.350. The lowest BCUT2D eigenvalue weighted by Gasteiger charge is -2.25. The van der Waals surface area contributed by atoms with E-state index in [0.717, 1.165) is 12.8 Å². The second-order valence-electron chi connectivity index (χ2n) is 5.94.